The Morgan fingerprint density at radius 3 is 2.15 bits per heavy atom. The fraction of sp³-hybridized carbons (Fsp3) is 0.391. The highest BCUT2D eigenvalue weighted by molar-refractivity contribution is 7.92. The van der Waals surface area contributed by atoms with Crippen LogP contribution in [0.25, 0.3) is 0 Å². The van der Waals surface area contributed by atoms with Crippen molar-refractivity contribution in [3.8, 4) is 0 Å². The molecule has 1 atom stereocenters. The van der Waals surface area contributed by atoms with E-state index in [9.17, 15) is 18.0 Å². The first-order valence-electron chi connectivity index (χ1n) is 10.6. The van der Waals surface area contributed by atoms with Crippen LogP contribution in [-0.4, -0.2) is 57.1 Å². The van der Waals surface area contributed by atoms with Crippen molar-refractivity contribution in [3.05, 3.63) is 64.1 Å². The van der Waals surface area contributed by atoms with Gasteiger partial charge in [-0.05, 0) is 43.5 Å². The molecule has 33 heavy (non-hydrogen) atoms. The number of hydrogen-bond donors (Lipinski definition) is 1. The molecule has 0 saturated heterocycles. The summed E-state index contributed by atoms with van der Waals surface area (Å²) in [6.45, 7) is 3.81. The van der Waals surface area contributed by atoms with Crippen LogP contribution < -0.4 is 9.62 Å². The second kappa shape index (κ2) is 12.3. The molecule has 2 rings (SSSR count). The monoisotopic (exact) mass is 513 g/mol. The zero-order chi connectivity index (χ0) is 24.6. The predicted molar refractivity (Wildman–Crippen MR) is 133 cm³/mol. The van der Waals surface area contributed by atoms with Gasteiger partial charge in [0.15, 0.2) is 0 Å². The summed E-state index contributed by atoms with van der Waals surface area (Å²) in [6, 6.07) is 13.2. The SMILES string of the molecule is CCNC(=O)[C@H](CC)N(CCc1ccccc1)C(=O)CN(c1cc(Cl)cc(Cl)c1)S(C)(=O)=O. The normalized spacial score (nSPS) is 12.2. The molecule has 0 aliphatic carbocycles. The van der Waals surface area contributed by atoms with Crippen molar-refractivity contribution in [2.24, 2.45) is 0 Å². The summed E-state index contributed by atoms with van der Waals surface area (Å²) in [5.74, 6) is -0.774. The Kier molecular flexibility index (Phi) is 10.0. The number of halogens is 2. The molecule has 1 N–H and O–H groups in total. The van der Waals surface area contributed by atoms with E-state index < -0.39 is 28.5 Å². The van der Waals surface area contributed by atoms with Crippen LogP contribution in [0.3, 0.4) is 0 Å². The number of hydrogen-bond acceptors (Lipinski definition) is 4. The summed E-state index contributed by atoms with van der Waals surface area (Å²) in [7, 11) is -3.84. The van der Waals surface area contributed by atoms with Gasteiger partial charge in [0.05, 0.1) is 11.9 Å². The predicted octanol–water partition coefficient (Wildman–Crippen LogP) is 3.75. The molecule has 2 amide bonds. The Bertz CT molecular complexity index is 1040. The number of carbonyl (C=O) groups excluding carboxylic acids is 2. The Morgan fingerprint density at radius 1 is 1.03 bits per heavy atom. The lowest BCUT2D eigenvalue weighted by Crippen LogP contribution is -2.53. The van der Waals surface area contributed by atoms with Crippen molar-refractivity contribution in [2.75, 3.05) is 30.2 Å². The van der Waals surface area contributed by atoms with Crippen LogP contribution in [0, 0.1) is 0 Å². The molecule has 0 saturated carbocycles. The molecule has 0 aliphatic heterocycles. The van der Waals surface area contributed by atoms with E-state index >= 15 is 0 Å². The second-order valence-corrected chi connectivity index (χ2v) is 10.3. The van der Waals surface area contributed by atoms with Gasteiger partial charge in [0, 0.05) is 23.1 Å². The minimum Gasteiger partial charge on any atom is -0.355 e. The quantitative estimate of drug-likeness (QED) is 0.495. The third-order valence-corrected chi connectivity index (χ3v) is 6.61. The topological polar surface area (TPSA) is 86.8 Å². The molecule has 2 aromatic rings. The Balaban J connectivity index is 2.38. The number of likely N-dealkylation sites (N-methyl/N-ethyl adjacent to an activating group) is 1. The van der Waals surface area contributed by atoms with Gasteiger partial charge in [0.1, 0.15) is 12.6 Å². The molecular weight excluding hydrogens is 485 g/mol. The van der Waals surface area contributed by atoms with Gasteiger partial charge in [-0.3, -0.25) is 13.9 Å². The van der Waals surface area contributed by atoms with Crippen molar-refractivity contribution in [1.29, 1.82) is 0 Å². The summed E-state index contributed by atoms with van der Waals surface area (Å²) in [6.07, 6.45) is 1.91. The van der Waals surface area contributed by atoms with Crippen molar-refractivity contribution >= 4 is 50.7 Å². The van der Waals surface area contributed by atoms with E-state index in [2.05, 4.69) is 5.32 Å². The lowest BCUT2D eigenvalue weighted by Gasteiger charge is -2.32. The van der Waals surface area contributed by atoms with Gasteiger partial charge < -0.3 is 10.2 Å². The molecular formula is C23H29Cl2N3O4S. The first kappa shape index (κ1) is 27.0. The maximum atomic E-state index is 13.4. The summed E-state index contributed by atoms with van der Waals surface area (Å²) in [5.41, 5.74) is 1.18. The van der Waals surface area contributed by atoms with Crippen LogP contribution in [0.5, 0.6) is 0 Å². The van der Waals surface area contributed by atoms with Crippen molar-refractivity contribution < 1.29 is 18.0 Å². The molecule has 0 radical (unpaired) electrons. The number of nitrogens with one attached hydrogen (secondary N) is 1. The minimum absolute atomic E-state index is 0.178. The van der Waals surface area contributed by atoms with E-state index in [1.165, 1.54) is 23.1 Å². The van der Waals surface area contributed by atoms with E-state index in [0.717, 1.165) is 16.1 Å². The van der Waals surface area contributed by atoms with Gasteiger partial charge in [-0.15, -0.1) is 0 Å². The Labute approximate surface area is 205 Å². The fourth-order valence-electron chi connectivity index (χ4n) is 3.48. The number of benzene rings is 2. The second-order valence-electron chi connectivity index (χ2n) is 7.54. The molecule has 0 bridgehead atoms. The minimum atomic E-state index is -3.84. The molecule has 0 heterocycles. The Hall–Kier alpha value is -2.29. The van der Waals surface area contributed by atoms with Crippen LogP contribution in [0.15, 0.2) is 48.5 Å². The van der Waals surface area contributed by atoms with Crippen molar-refractivity contribution in [1.82, 2.24) is 10.2 Å². The molecule has 0 aliphatic rings. The van der Waals surface area contributed by atoms with Gasteiger partial charge in [-0.25, -0.2) is 8.42 Å². The molecule has 7 nitrogen and oxygen atoms in total. The highest BCUT2D eigenvalue weighted by atomic mass is 35.5. The van der Waals surface area contributed by atoms with Crippen LogP contribution >= 0.6 is 23.2 Å². The molecule has 0 spiro atoms. The number of anilines is 1. The highest BCUT2D eigenvalue weighted by Crippen LogP contribution is 2.27. The first-order chi connectivity index (χ1) is 15.6. The van der Waals surface area contributed by atoms with E-state index in [4.69, 9.17) is 23.2 Å². The standard InChI is InChI=1S/C23H29Cl2N3O4S/c1-4-21(23(30)26-5-2)27(12-11-17-9-7-6-8-10-17)22(29)16-28(33(3,31)32)20-14-18(24)13-19(25)15-20/h6-10,13-15,21H,4-5,11-12,16H2,1-3H3,(H,26,30)/t21-/m0/s1. The first-order valence-corrected chi connectivity index (χ1v) is 13.2. The molecule has 0 aromatic heterocycles. The molecule has 180 valence electrons. The lowest BCUT2D eigenvalue weighted by atomic mass is 10.1. The number of sulfonamides is 1. The third-order valence-electron chi connectivity index (χ3n) is 5.04. The number of nitrogens with zero attached hydrogens (tertiary/aromatic N) is 2. The van der Waals surface area contributed by atoms with Gasteiger partial charge in [0.2, 0.25) is 21.8 Å². The average molecular weight is 514 g/mol. The van der Waals surface area contributed by atoms with E-state index in [1.807, 2.05) is 37.3 Å². The Morgan fingerprint density at radius 2 is 1.64 bits per heavy atom. The van der Waals surface area contributed by atoms with Crippen molar-refractivity contribution in [3.63, 3.8) is 0 Å². The molecule has 10 heteroatoms. The fourth-order valence-corrected chi connectivity index (χ4v) is 4.83. The van der Waals surface area contributed by atoms with Crippen molar-refractivity contribution in [2.45, 2.75) is 32.7 Å². The van der Waals surface area contributed by atoms with Gasteiger partial charge in [-0.2, -0.15) is 0 Å². The maximum Gasteiger partial charge on any atom is 0.244 e. The highest BCUT2D eigenvalue weighted by Gasteiger charge is 2.31. The van der Waals surface area contributed by atoms with Gasteiger partial charge >= 0.3 is 0 Å². The van der Waals surface area contributed by atoms with Crippen LogP contribution in [-0.2, 0) is 26.0 Å². The average Bonchev–Trinajstić information content (AvgIpc) is 2.74. The van der Waals surface area contributed by atoms with Crippen LogP contribution in [0.4, 0.5) is 5.69 Å². The van der Waals surface area contributed by atoms with Gasteiger partial charge in [0.25, 0.3) is 0 Å². The number of carbonyl (C=O) groups is 2. The van der Waals surface area contributed by atoms with Crippen LogP contribution in [0.1, 0.15) is 25.8 Å². The zero-order valence-electron chi connectivity index (χ0n) is 18.9. The summed E-state index contributed by atoms with van der Waals surface area (Å²) >= 11 is 12.1. The lowest BCUT2D eigenvalue weighted by molar-refractivity contribution is -0.139. The third kappa shape index (κ3) is 7.91. The summed E-state index contributed by atoms with van der Waals surface area (Å²) in [5, 5.41) is 3.25. The molecule has 0 fully saturated rings. The summed E-state index contributed by atoms with van der Waals surface area (Å²) in [4.78, 5) is 27.6. The number of amides is 2. The molecule has 0 unspecified atom stereocenters. The summed E-state index contributed by atoms with van der Waals surface area (Å²) < 4.78 is 26.1. The van der Waals surface area contributed by atoms with E-state index in [0.29, 0.717) is 19.4 Å². The van der Waals surface area contributed by atoms with Gasteiger partial charge in [-0.1, -0.05) is 60.5 Å². The maximum absolute atomic E-state index is 13.4. The van der Waals surface area contributed by atoms with E-state index in [-0.39, 0.29) is 28.2 Å². The van der Waals surface area contributed by atoms with Crippen LogP contribution in [0.2, 0.25) is 10.0 Å². The molecule has 2 aromatic carbocycles. The van der Waals surface area contributed by atoms with E-state index in [1.54, 1.807) is 6.92 Å². The zero-order valence-corrected chi connectivity index (χ0v) is 21.3. The largest absolute Gasteiger partial charge is 0.355 e. The number of rotatable bonds is 11. The smallest absolute Gasteiger partial charge is 0.244 e.